The van der Waals surface area contributed by atoms with Gasteiger partial charge in [-0.1, -0.05) is 36.4 Å². The monoisotopic (exact) mass is 450 g/mol. The number of rotatable bonds is 3. The van der Waals surface area contributed by atoms with Crippen LogP contribution in [0.2, 0.25) is 0 Å². The molecule has 0 amide bonds. The summed E-state index contributed by atoms with van der Waals surface area (Å²) in [5.74, 6) is -1.31. The lowest BCUT2D eigenvalue weighted by atomic mass is 10.0. The summed E-state index contributed by atoms with van der Waals surface area (Å²) < 4.78 is 94.2. The van der Waals surface area contributed by atoms with Crippen molar-refractivity contribution in [2.75, 3.05) is 0 Å². The lowest BCUT2D eigenvalue weighted by molar-refractivity contribution is -0.140. The summed E-state index contributed by atoms with van der Waals surface area (Å²) in [7, 11) is 0. The van der Waals surface area contributed by atoms with Crippen molar-refractivity contribution >= 4 is 0 Å². The van der Waals surface area contributed by atoms with Crippen molar-refractivity contribution < 1.29 is 30.7 Å². The van der Waals surface area contributed by atoms with Gasteiger partial charge in [-0.15, -0.1) is 0 Å². The molecule has 0 bridgehead atoms. The van der Waals surface area contributed by atoms with Gasteiger partial charge in [-0.3, -0.25) is 4.57 Å². The Kier molecular flexibility index (Phi) is 5.28. The molecule has 4 aromatic rings. The van der Waals surface area contributed by atoms with Gasteiger partial charge in [0.2, 0.25) is 0 Å². The van der Waals surface area contributed by atoms with Gasteiger partial charge >= 0.3 is 12.4 Å². The van der Waals surface area contributed by atoms with E-state index < -0.39 is 29.3 Å². The third kappa shape index (κ3) is 4.10. The number of benzene rings is 3. The van der Waals surface area contributed by atoms with Gasteiger partial charge in [-0.2, -0.15) is 26.3 Å². The zero-order valence-corrected chi connectivity index (χ0v) is 16.0. The van der Waals surface area contributed by atoms with Crippen molar-refractivity contribution in [1.29, 1.82) is 0 Å². The van der Waals surface area contributed by atoms with Crippen molar-refractivity contribution in [3.63, 3.8) is 0 Å². The molecular weight excluding hydrogens is 437 g/mol. The Morgan fingerprint density at radius 1 is 0.688 bits per heavy atom. The summed E-state index contributed by atoms with van der Waals surface area (Å²) >= 11 is 0. The maximum atomic E-state index is 13.5. The summed E-state index contributed by atoms with van der Waals surface area (Å²) in [4.78, 5) is 4.06. The predicted octanol–water partition coefficient (Wildman–Crippen LogP) is 7.38. The summed E-state index contributed by atoms with van der Waals surface area (Å²) in [6, 6.07) is 13.8. The molecule has 0 saturated carbocycles. The molecule has 0 aliphatic heterocycles. The van der Waals surface area contributed by atoms with E-state index in [1.54, 1.807) is 0 Å². The first-order chi connectivity index (χ1) is 15.1. The van der Waals surface area contributed by atoms with Crippen LogP contribution in [0.25, 0.3) is 28.2 Å². The molecule has 9 heteroatoms. The third-order valence-corrected chi connectivity index (χ3v) is 4.86. The van der Waals surface area contributed by atoms with E-state index in [0.717, 1.165) is 12.1 Å². The summed E-state index contributed by atoms with van der Waals surface area (Å²) in [6.07, 6.45) is -6.57. The van der Waals surface area contributed by atoms with Crippen LogP contribution in [0, 0.1) is 5.82 Å². The van der Waals surface area contributed by atoms with Gasteiger partial charge in [0.25, 0.3) is 0 Å². The average molecular weight is 450 g/mol. The fourth-order valence-electron chi connectivity index (χ4n) is 3.37. The third-order valence-electron chi connectivity index (χ3n) is 4.86. The second-order valence-corrected chi connectivity index (χ2v) is 6.90. The Bertz CT molecular complexity index is 1250. The second kappa shape index (κ2) is 7.81. The van der Waals surface area contributed by atoms with E-state index in [1.165, 1.54) is 65.5 Å². The van der Waals surface area contributed by atoms with E-state index in [0.29, 0.717) is 17.3 Å². The number of aromatic nitrogens is 2. The van der Waals surface area contributed by atoms with Crippen LogP contribution in [0.4, 0.5) is 30.7 Å². The molecule has 0 aliphatic rings. The van der Waals surface area contributed by atoms with Crippen LogP contribution in [-0.4, -0.2) is 9.55 Å². The van der Waals surface area contributed by atoms with Crippen molar-refractivity contribution in [3.8, 4) is 28.2 Å². The fraction of sp³-hybridized carbons (Fsp3) is 0.0870. The molecule has 164 valence electrons. The van der Waals surface area contributed by atoms with Crippen molar-refractivity contribution in [1.82, 2.24) is 9.55 Å². The van der Waals surface area contributed by atoms with Gasteiger partial charge in [0.05, 0.1) is 11.1 Å². The van der Waals surface area contributed by atoms with Gasteiger partial charge < -0.3 is 0 Å². The van der Waals surface area contributed by atoms with E-state index in [2.05, 4.69) is 4.98 Å². The van der Waals surface area contributed by atoms with E-state index in [4.69, 9.17) is 0 Å². The van der Waals surface area contributed by atoms with Gasteiger partial charge in [0.15, 0.2) is 0 Å². The van der Waals surface area contributed by atoms with E-state index in [-0.39, 0.29) is 17.0 Å². The molecule has 0 aliphatic carbocycles. The smallest absolute Gasteiger partial charge is 0.300 e. The Morgan fingerprint density at radius 2 is 1.31 bits per heavy atom. The van der Waals surface area contributed by atoms with Crippen molar-refractivity contribution in [2.24, 2.45) is 0 Å². The van der Waals surface area contributed by atoms with Gasteiger partial charge in [-0.05, 0) is 41.5 Å². The maximum Gasteiger partial charge on any atom is 0.419 e. The molecule has 2 nitrogen and oxygen atoms in total. The van der Waals surface area contributed by atoms with Crippen LogP contribution in [0.1, 0.15) is 11.1 Å². The molecule has 0 N–H and O–H groups in total. The minimum atomic E-state index is -4.84. The van der Waals surface area contributed by atoms with Crippen LogP contribution in [0.5, 0.6) is 0 Å². The minimum absolute atomic E-state index is 0.0619. The number of alkyl halides is 6. The van der Waals surface area contributed by atoms with Crippen molar-refractivity contribution in [2.45, 2.75) is 12.4 Å². The van der Waals surface area contributed by atoms with E-state index in [9.17, 15) is 30.7 Å². The molecule has 3 aromatic carbocycles. The minimum Gasteiger partial charge on any atom is -0.300 e. The van der Waals surface area contributed by atoms with Crippen LogP contribution < -0.4 is 0 Å². The van der Waals surface area contributed by atoms with E-state index >= 15 is 0 Å². The quantitative estimate of drug-likeness (QED) is 0.298. The van der Waals surface area contributed by atoms with E-state index in [1.807, 2.05) is 0 Å². The molecule has 0 fully saturated rings. The average Bonchev–Trinajstić information content (AvgIpc) is 3.22. The zero-order valence-electron chi connectivity index (χ0n) is 16.0. The molecule has 0 unspecified atom stereocenters. The van der Waals surface area contributed by atoms with Gasteiger partial charge in [0.1, 0.15) is 11.6 Å². The number of imidazole rings is 1. The SMILES string of the molecule is Fc1ccc(-c2ccc(-n3ccnc3-c3ccccc3C(F)(F)F)cc2)cc1C(F)(F)F. The van der Waals surface area contributed by atoms with Gasteiger partial charge in [0, 0.05) is 23.6 Å². The number of halogens is 7. The predicted molar refractivity (Wildman–Crippen MR) is 104 cm³/mol. The van der Waals surface area contributed by atoms with Crippen molar-refractivity contribution in [3.05, 3.63) is 96.1 Å². The molecule has 1 aromatic heterocycles. The topological polar surface area (TPSA) is 17.8 Å². The summed E-state index contributed by atoms with van der Waals surface area (Å²) in [5, 5.41) is 0. The molecular formula is C23H13F7N2. The summed E-state index contributed by atoms with van der Waals surface area (Å²) in [6.45, 7) is 0. The Hall–Kier alpha value is -3.62. The standard InChI is InChI=1S/C23H13F7N2/c24-20-10-7-15(13-19(20)23(28,29)30)14-5-8-16(9-6-14)32-12-11-31-21(32)17-3-1-2-4-18(17)22(25,26)27/h1-13H. The van der Waals surface area contributed by atoms with Crippen LogP contribution >= 0.6 is 0 Å². The largest absolute Gasteiger partial charge is 0.419 e. The molecule has 0 spiro atoms. The highest BCUT2D eigenvalue weighted by Gasteiger charge is 2.35. The molecule has 1 heterocycles. The fourth-order valence-corrected chi connectivity index (χ4v) is 3.37. The second-order valence-electron chi connectivity index (χ2n) is 6.90. The first-order valence-corrected chi connectivity index (χ1v) is 9.23. The number of nitrogens with zero attached hydrogens (tertiary/aromatic N) is 2. The first kappa shape index (κ1) is 21.6. The molecule has 0 saturated heterocycles. The van der Waals surface area contributed by atoms with Gasteiger partial charge in [-0.25, -0.2) is 9.37 Å². The Morgan fingerprint density at radius 3 is 1.97 bits per heavy atom. The first-order valence-electron chi connectivity index (χ1n) is 9.23. The highest BCUT2D eigenvalue weighted by Crippen LogP contribution is 2.37. The van der Waals surface area contributed by atoms with Crippen LogP contribution in [0.3, 0.4) is 0 Å². The molecule has 0 radical (unpaired) electrons. The molecule has 0 atom stereocenters. The number of hydrogen-bond acceptors (Lipinski definition) is 1. The number of hydrogen-bond donors (Lipinski definition) is 0. The zero-order chi connectivity index (χ0) is 23.1. The van der Waals surface area contributed by atoms with Crippen LogP contribution in [-0.2, 0) is 12.4 Å². The van der Waals surface area contributed by atoms with Crippen LogP contribution in [0.15, 0.2) is 79.1 Å². The highest BCUT2D eigenvalue weighted by molar-refractivity contribution is 5.68. The lowest BCUT2D eigenvalue weighted by Gasteiger charge is -2.14. The maximum absolute atomic E-state index is 13.5. The summed E-state index contributed by atoms with van der Waals surface area (Å²) in [5.41, 5.74) is -1.33. The highest BCUT2D eigenvalue weighted by atomic mass is 19.4. The normalized spacial score (nSPS) is 12.2. The Balaban J connectivity index is 1.73. The Labute approximate surface area is 177 Å². The molecule has 4 rings (SSSR count). The lowest BCUT2D eigenvalue weighted by Crippen LogP contribution is -2.09. The molecule has 32 heavy (non-hydrogen) atoms.